The van der Waals surface area contributed by atoms with Crippen molar-refractivity contribution >= 4 is 15.8 Å². The van der Waals surface area contributed by atoms with Crippen LogP contribution in [0.15, 0.2) is 35.3 Å². The lowest BCUT2D eigenvalue weighted by Gasteiger charge is -2.33. The molecule has 0 aliphatic carbocycles. The molecule has 0 spiro atoms. The number of benzene rings is 1. The van der Waals surface area contributed by atoms with E-state index in [1.165, 1.54) is 11.8 Å². The van der Waals surface area contributed by atoms with E-state index in [1.807, 2.05) is 6.07 Å². The van der Waals surface area contributed by atoms with E-state index < -0.39 is 9.84 Å². The molecular formula is C19H33N3O3S. The van der Waals surface area contributed by atoms with E-state index in [0.29, 0.717) is 13.2 Å². The van der Waals surface area contributed by atoms with E-state index in [1.54, 1.807) is 7.05 Å². The molecule has 0 radical (unpaired) electrons. The summed E-state index contributed by atoms with van der Waals surface area (Å²) in [6, 6.07) is 10.6. The van der Waals surface area contributed by atoms with E-state index in [-0.39, 0.29) is 17.8 Å². The van der Waals surface area contributed by atoms with Gasteiger partial charge in [-0.25, -0.2) is 8.42 Å². The minimum atomic E-state index is -2.97. The third-order valence-electron chi connectivity index (χ3n) is 4.69. The van der Waals surface area contributed by atoms with Gasteiger partial charge in [-0.2, -0.15) is 0 Å². The summed E-state index contributed by atoms with van der Waals surface area (Å²) in [5.74, 6) is 0.769. The molecule has 0 bridgehead atoms. The second kappa shape index (κ2) is 11.2. The third-order valence-corrected chi connectivity index (χ3v) is 5.60. The number of rotatable bonds is 11. The van der Waals surface area contributed by atoms with Crippen molar-refractivity contribution in [1.29, 1.82) is 0 Å². The molecule has 0 saturated heterocycles. The van der Waals surface area contributed by atoms with Crippen molar-refractivity contribution in [2.45, 2.75) is 32.1 Å². The highest BCUT2D eigenvalue weighted by molar-refractivity contribution is 7.90. The van der Waals surface area contributed by atoms with Gasteiger partial charge in [-0.15, -0.1) is 0 Å². The van der Waals surface area contributed by atoms with E-state index in [4.69, 9.17) is 4.74 Å². The van der Waals surface area contributed by atoms with Gasteiger partial charge >= 0.3 is 0 Å². The fourth-order valence-electron chi connectivity index (χ4n) is 2.83. The van der Waals surface area contributed by atoms with Crippen LogP contribution in [0.4, 0.5) is 0 Å². The van der Waals surface area contributed by atoms with Gasteiger partial charge in [0.25, 0.3) is 0 Å². The molecule has 26 heavy (non-hydrogen) atoms. The van der Waals surface area contributed by atoms with E-state index in [2.05, 4.69) is 53.7 Å². The van der Waals surface area contributed by atoms with Crippen LogP contribution >= 0.6 is 0 Å². The predicted octanol–water partition coefficient (Wildman–Crippen LogP) is 1.97. The largest absolute Gasteiger partial charge is 0.379 e. The number of hydrogen-bond donors (Lipinski definition) is 2. The average molecular weight is 384 g/mol. The van der Waals surface area contributed by atoms with Crippen molar-refractivity contribution in [2.75, 3.05) is 45.4 Å². The number of nitrogens with one attached hydrogen (secondary N) is 2. The zero-order chi connectivity index (χ0) is 19.5. The first kappa shape index (κ1) is 22.4. The molecule has 0 atom stereocenters. The monoisotopic (exact) mass is 383 g/mol. The number of hydrogen-bond acceptors (Lipinski definition) is 4. The molecule has 0 aliphatic heterocycles. The van der Waals surface area contributed by atoms with Gasteiger partial charge in [-0.1, -0.05) is 44.2 Å². The maximum atomic E-state index is 11.0. The zero-order valence-electron chi connectivity index (χ0n) is 16.4. The molecule has 0 unspecified atom stereocenters. The smallest absolute Gasteiger partial charge is 0.191 e. The molecule has 0 saturated carbocycles. The highest BCUT2D eigenvalue weighted by Gasteiger charge is 2.28. The van der Waals surface area contributed by atoms with Crippen LogP contribution in [-0.2, 0) is 20.0 Å². The predicted molar refractivity (Wildman–Crippen MR) is 109 cm³/mol. The molecule has 148 valence electrons. The van der Waals surface area contributed by atoms with Crippen molar-refractivity contribution in [2.24, 2.45) is 4.99 Å². The number of nitrogens with zero attached hydrogens (tertiary/aromatic N) is 1. The Labute approximate surface area is 158 Å². The Morgan fingerprint density at radius 3 is 2.31 bits per heavy atom. The number of guanidine groups is 1. The van der Waals surface area contributed by atoms with Crippen LogP contribution in [-0.4, -0.2) is 59.7 Å². The van der Waals surface area contributed by atoms with E-state index in [9.17, 15) is 8.42 Å². The first-order chi connectivity index (χ1) is 12.4. The lowest BCUT2D eigenvalue weighted by molar-refractivity contribution is 0.154. The Bertz CT molecular complexity index is 641. The Morgan fingerprint density at radius 2 is 1.77 bits per heavy atom. The van der Waals surface area contributed by atoms with Gasteiger partial charge in [-0.3, -0.25) is 4.99 Å². The number of aliphatic imine (C=N–C) groups is 1. The number of sulfone groups is 1. The quantitative estimate of drug-likeness (QED) is 0.347. The molecule has 1 aromatic rings. The van der Waals surface area contributed by atoms with Gasteiger partial charge in [0.15, 0.2) is 5.96 Å². The summed E-state index contributed by atoms with van der Waals surface area (Å²) in [6.07, 6.45) is 3.28. The maximum absolute atomic E-state index is 11.0. The molecule has 0 aromatic heterocycles. The van der Waals surface area contributed by atoms with Crippen molar-refractivity contribution in [3.63, 3.8) is 0 Å². The van der Waals surface area contributed by atoms with Gasteiger partial charge in [0.2, 0.25) is 0 Å². The minimum absolute atomic E-state index is 0.0482. The molecule has 7 heteroatoms. The molecule has 1 aromatic carbocycles. The minimum Gasteiger partial charge on any atom is -0.379 e. The van der Waals surface area contributed by atoms with Crippen molar-refractivity contribution in [3.8, 4) is 0 Å². The van der Waals surface area contributed by atoms with Gasteiger partial charge in [0, 0.05) is 31.8 Å². The van der Waals surface area contributed by atoms with Gasteiger partial charge < -0.3 is 15.4 Å². The molecule has 2 N–H and O–H groups in total. The van der Waals surface area contributed by atoms with Gasteiger partial charge in [0.1, 0.15) is 9.84 Å². The van der Waals surface area contributed by atoms with Crippen LogP contribution in [0.5, 0.6) is 0 Å². The van der Waals surface area contributed by atoms with E-state index >= 15 is 0 Å². The summed E-state index contributed by atoms with van der Waals surface area (Å²) in [6.45, 7) is 6.43. The SMILES string of the molecule is CCC(CC)(CNC(=NC)NCCOCCS(C)(=O)=O)c1ccccc1. The van der Waals surface area contributed by atoms with Crippen molar-refractivity contribution in [3.05, 3.63) is 35.9 Å². The first-order valence-corrected chi connectivity index (χ1v) is 11.2. The molecule has 6 nitrogen and oxygen atoms in total. The molecule has 0 fully saturated rings. The Balaban J connectivity index is 2.47. The topological polar surface area (TPSA) is 79.8 Å². The third kappa shape index (κ3) is 7.74. The lowest BCUT2D eigenvalue weighted by atomic mass is 9.76. The maximum Gasteiger partial charge on any atom is 0.191 e. The zero-order valence-corrected chi connectivity index (χ0v) is 17.2. The summed E-state index contributed by atoms with van der Waals surface area (Å²) < 4.78 is 27.4. The normalized spacial score (nSPS) is 12.8. The molecule has 0 amide bonds. The van der Waals surface area contributed by atoms with Crippen LogP contribution in [0, 0.1) is 0 Å². The highest BCUT2D eigenvalue weighted by Crippen LogP contribution is 2.30. The summed E-state index contributed by atoms with van der Waals surface area (Å²) in [4.78, 5) is 4.25. The van der Waals surface area contributed by atoms with Gasteiger partial charge in [-0.05, 0) is 18.4 Å². The fourth-order valence-corrected chi connectivity index (χ4v) is 3.25. The standard InChI is InChI=1S/C19H33N3O3S/c1-5-19(6-2,17-10-8-7-9-11-17)16-22-18(20-3)21-12-13-25-14-15-26(4,23)24/h7-11H,5-6,12-16H2,1-4H3,(H2,20,21,22). The average Bonchev–Trinajstić information content (AvgIpc) is 2.63. The second-order valence-electron chi connectivity index (χ2n) is 6.45. The van der Waals surface area contributed by atoms with Crippen LogP contribution < -0.4 is 10.6 Å². The lowest BCUT2D eigenvalue weighted by Crippen LogP contribution is -2.46. The summed E-state index contributed by atoms with van der Waals surface area (Å²) in [5.41, 5.74) is 1.39. The van der Waals surface area contributed by atoms with Crippen molar-refractivity contribution < 1.29 is 13.2 Å². The van der Waals surface area contributed by atoms with Crippen LogP contribution in [0.2, 0.25) is 0 Å². The first-order valence-electron chi connectivity index (χ1n) is 9.12. The fraction of sp³-hybridized carbons (Fsp3) is 0.632. The molecule has 1 rings (SSSR count). The Morgan fingerprint density at radius 1 is 1.12 bits per heavy atom. The van der Waals surface area contributed by atoms with Crippen LogP contribution in [0.25, 0.3) is 0 Å². The molecule has 0 aliphatic rings. The van der Waals surface area contributed by atoms with Gasteiger partial charge in [0.05, 0.1) is 19.0 Å². The molecular weight excluding hydrogens is 350 g/mol. The number of ether oxygens (including phenoxy) is 1. The summed E-state index contributed by atoms with van der Waals surface area (Å²) >= 11 is 0. The second-order valence-corrected chi connectivity index (χ2v) is 8.71. The van der Waals surface area contributed by atoms with Crippen LogP contribution in [0.3, 0.4) is 0 Å². The van der Waals surface area contributed by atoms with Crippen LogP contribution in [0.1, 0.15) is 32.3 Å². The summed E-state index contributed by atoms with van der Waals surface area (Å²) in [5, 5.41) is 6.62. The van der Waals surface area contributed by atoms with Crippen molar-refractivity contribution in [1.82, 2.24) is 10.6 Å². The summed E-state index contributed by atoms with van der Waals surface area (Å²) in [7, 11) is -1.23. The molecule has 0 heterocycles. The van der Waals surface area contributed by atoms with E-state index in [0.717, 1.165) is 25.3 Å². The Kier molecular flexibility index (Phi) is 9.65. The Hall–Kier alpha value is -1.60. The highest BCUT2D eigenvalue weighted by atomic mass is 32.2.